The second-order valence-electron chi connectivity index (χ2n) is 3.86. The Morgan fingerprint density at radius 1 is 1.20 bits per heavy atom. The van der Waals surface area contributed by atoms with E-state index in [1.165, 1.54) is 0 Å². The lowest BCUT2D eigenvalue weighted by Crippen LogP contribution is -2.65. The van der Waals surface area contributed by atoms with Crippen molar-refractivity contribution in [2.45, 2.75) is 50.0 Å². The molecule has 0 amide bonds. The Balaban J connectivity index is 2.82. The van der Waals surface area contributed by atoms with E-state index in [4.69, 9.17) is 9.84 Å². The molecule has 0 bridgehead atoms. The minimum absolute atomic E-state index is 0.119. The normalized spacial score (nSPS) is 46.8. The molecular formula is C9H18O6. The molecule has 0 aromatic rings. The van der Waals surface area contributed by atoms with Crippen LogP contribution in [0.15, 0.2) is 0 Å². The first-order valence-corrected chi connectivity index (χ1v) is 5.01. The Hall–Kier alpha value is -0.240. The van der Waals surface area contributed by atoms with Gasteiger partial charge in [0.25, 0.3) is 0 Å². The first-order chi connectivity index (χ1) is 6.96. The summed E-state index contributed by atoms with van der Waals surface area (Å²) in [5, 5.41) is 47.2. The van der Waals surface area contributed by atoms with Crippen LogP contribution in [0.1, 0.15) is 19.8 Å². The Bertz CT molecular complexity index is 209. The Morgan fingerprint density at radius 3 is 2.27 bits per heavy atom. The summed E-state index contributed by atoms with van der Waals surface area (Å²) in [5.74, 6) is -1.90. The van der Waals surface area contributed by atoms with Crippen molar-refractivity contribution in [3.8, 4) is 0 Å². The number of rotatable bonds is 3. The van der Waals surface area contributed by atoms with Crippen molar-refractivity contribution in [2.75, 3.05) is 6.61 Å². The topological polar surface area (TPSA) is 110 Å². The summed E-state index contributed by atoms with van der Waals surface area (Å²) in [5.41, 5.74) is 0. The van der Waals surface area contributed by atoms with Gasteiger partial charge in [-0.2, -0.15) is 0 Å². The van der Waals surface area contributed by atoms with Crippen LogP contribution in [0.2, 0.25) is 0 Å². The summed E-state index contributed by atoms with van der Waals surface area (Å²) in [6, 6.07) is 0. The van der Waals surface area contributed by atoms with Crippen LogP contribution in [0.4, 0.5) is 0 Å². The highest BCUT2D eigenvalue weighted by Gasteiger charge is 2.51. The summed E-state index contributed by atoms with van der Waals surface area (Å²) in [6.07, 6.45) is -4.92. The molecule has 1 aliphatic rings. The number of aliphatic hydroxyl groups is 5. The van der Waals surface area contributed by atoms with E-state index in [1.54, 1.807) is 6.92 Å². The standard InChI is InChI=1S/C9H18O6/c1-2-3-9(14)8(13)7(12)6(11)5(4-10)15-9/h5-8,10-14H,2-4H2,1H3/t5-,6+,7+,8-,9+/m1/s1. The van der Waals surface area contributed by atoms with Gasteiger partial charge in [0, 0.05) is 6.42 Å². The van der Waals surface area contributed by atoms with E-state index in [0.29, 0.717) is 6.42 Å². The summed E-state index contributed by atoms with van der Waals surface area (Å²) < 4.78 is 5.00. The first kappa shape index (κ1) is 12.8. The van der Waals surface area contributed by atoms with Crippen LogP contribution in [0.25, 0.3) is 0 Å². The fourth-order valence-corrected chi connectivity index (χ4v) is 1.79. The molecular weight excluding hydrogens is 204 g/mol. The van der Waals surface area contributed by atoms with Crippen LogP contribution in [0.5, 0.6) is 0 Å². The van der Waals surface area contributed by atoms with Crippen molar-refractivity contribution in [2.24, 2.45) is 0 Å². The number of ether oxygens (including phenoxy) is 1. The molecule has 6 nitrogen and oxygen atoms in total. The second-order valence-corrected chi connectivity index (χ2v) is 3.86. The van der Waals surface area contributed by atoms with E-state index in [2.05, 4.69) is 0 Å². The smallest absolute Gasteiger partial charge is 0.195 e. The lowest BCUT2D eigenvalue weighted by Gasteiger charge is -2.45. The third-order valence-electron chi connectivity index (χ3n) is 2.66. The lowest BCUT2D eigenvalue weighted by molar-refractivity contribution is -0.351. The van der Waals surface area contributed by atoms with Crippen LogP contribution < -0.4 is 0 Å². The molecule has 0 spiro atoms. The quantitative estimate of drug-likeness (QED) is 0.376. The molecule has 5 N–H and O–H groups in total. The molecule has 0 unspecified atom stereocenters. The third kappa shape index (κ3) is 2.30. The van der Waals surface area contributed by atoms with Gasteiger partial charge in [0.15, 0.2) is 5.79 Å². The van der Waals surface area contributed by atoms with Crippen LogP contribution >= 0.6 is 0 Å². The summed E-state index contributed by atoms with van der Waals surface area (Å²) >= 11 is 0. The minimum Gasteiger partial charge on any atom is -0.394 e. The van der Waals surface area contributed by atoms with Gasteiger partial charge in [0.05, 0.1) is 6.61 Å². The van der Waals surface area contributed by atoms with Crippen LogP contribution in [0.3, 0.4) is 0 Å². The minimum atomic E-state index is -1.90. The van der Waals surface area contributed by atoms with E-state index in [-0.39, 0.29) is 6.42 Å². The lowest BCUT2D eigenvalue weighted by atomic mass is 9.90. The van der Waals surface area contributed by atoms with E-state index < -0.39 is 36.8 Å². The Labute approximate surface area is 87.7 Å². The molecule has 1 heterocycles. The van der Waals surface area contributed by atoms with Crippen molar-refractivity contribution in [1.82, 2.24) is 0 Å². The van der Waals surface area contributed by atoms with Crippen molar-refractivity contribution >= 4 is 0 Å². The van der Waals surface area contributed by atoms with Crippen LogP contribution in [-0.2, 0) is 4.74 Å². The van der Waals surface area contributed by atoms with Crippen molar-refractivity contribution in [3.63, 3.8) is 0 Å². The Kier molecular flexibility index (Phi) is 4.05. The van der Waals surface area contributed by atoms with Gasteiger partial charge >= 0.3 is 0 Å². The maximum absolute atomic E-state index is 9.88. The van der Waals surface area contributed by atoms with Gasteiger partial charge in [-0.15, -0.1) is 0 Å². The average Bonchev–Trinajstić information content (AvgIpc) is 2.21. The molecule has 15 heavy (non-hydrogen) atoms. The van der Waals surface area contributed by atoms with Gasteiger partial charge in [0.1, 0.15) is 24.4 Å². The summed E-state index contributed by atoms with van der Waals surface area (Å²) in [6.45, 7) is 1.25. The van der Waals surface area contributed by atoms with E-state index in [1.807, 2.05) is 0 Å². The first-order valence-electron chi connectivity index (χ1n) is 5.01. The van der Waals surface area contributed by atoms with Crippen molar-refractivity contribution in [1.29, 1.82) is 0 Å². The highest BCUT2D eigenvalue weighted by molar-refractivity contribution is 4.95. The number of hydrogen-bond donors (Lipinski definition) is 5. The molecule has 0 saturated carbocycles. The predicted molar refractivity (Wildman–Crippen MR) is 49.8 cm³/mol. The van der Waals surface area contributed by atoms with Gasteiger partial charge in [-0.1, -0.05) is 13.3 Å². The van der Waals surface area contributed by atoms with Gasteiger partial charge in [-0.3, -0.25) is 0 Å². The van der Waals surface area contributed by atoms with E-state index in [9.17, 15) is 20.4 Å². The molecule has 1 fully saturated rings. The molecule has 1 aliphatic heterocycles. The molecule has 90 valence electrons. The molecule has 0 aliphatic carbocycles. The van der Waals surface area contributed by atoms with Crippen molar-refractivity contribution < 1.29 is 30.3 Å². The van der Waals surface area contributed by atoms with E-state index in [0.717, 1.165) is 0 Å². The zero-order valence-electron chi connectivity index (χ0n) is 8.58. The Morgan fingerprint density at radius 2 is 1.80 bits per heavy atom. The van der Waals surface area contributed by atoms with Gasteiger partial charge < -0.3 is 30.3 Å². The third-order valence-corrected chi connectivity index (χ3v) is 2.66. The van der Waals surface area contributed by atoms with E-state index >= 15 is 0 Å². The highest BCUT2D eigenvalue weighted by atomic mass is 16.7. The second kappa shape index (κ2) is 4.73. The highest BCUT2D eigenvalue weighted by Crippen LogP contribution is 2.31. The number of hydrogen-bond acceptors (Lipinski definition) is 6. The monoisotopic (exact) mass is 222 g/mol. The van der Waals surface area contributed by atoms with Crippen LogP contribution in [-0.4, -0.2) is 62.3 Å². The fraction of sp³-hybridized carbons (Fsp3) is 1.00. The summed E-state index contributed by atoms with van der Waals surface area (Å²) in [4.78, 5) is 0. The maximum atomic E-state index is 9.88. The maximum Gasteiger partial charge on any atom is 0.195 e. The molecule has 1 saturated heterocycles. The molecule has 0 aromatic carbocycles. The molecule has 6 heteroatoms. The molecule has 1 rings (SSSR count). The van der Waals surface area contributed by atoms with Gasteiger partial charge in [-0.05, 0) is 0 Å². The zero-order valence-corrected chi connectivity index (χ0v) is 8.58. The SMILES string of the molecule is CCC[C@]1(O)O[C@H](CO)[C@H](O)[C@H](O)[C@H]1O. The molecule has 5 atom stereocenters. The predicted octanol–water partition coefficient (Wildman–Crippen LogP) is -2.05. The average molecular weight is 222 g/mol. The van der Waals surface area contributed by atoms with Crippen molar-refractivity contribution in [3.05, 3.63) is 0 Å². The van der Waals surface area contributed by atoms with Gasteiger partial charge in [-0.25, -0.2) is 0 Å². The van der Waals surface area contributed by atoms with Crippen LogP contribution in [0, 0.1) is 0 Å². The summed E-state index contributed by atoms with van der Waals surface area (Å²) in [7, 11) is 0. The largest absolute Gasteiger partial charge is 0.394 e. The zero-order chi connectivity index (χ0) is 11.6. The molecule has 0 radical (unpaired) electrons. The number of aliphatic hydroxyl groups excluding tert-OH is 4. The fourth-order valence-electron chi connectivity index (χ4n) is 1.79. The molecule has 0 aromatic heterocycles. The van der Waals surface area contributed by atoms with Gasteiger partial charge in [0.2, 0.25) is 0 Å².